The van der Waals surface area contributed by atoms with Crippen molar-refractivity contribution in [1.82, 2.24) is 15.2 Å². The van der Waals surface area contributed by atoms with Gasteiger partial charge in [-0.1, -0.05) is 6.07 Å². The van der Waals surface area contributed by atoms with Gasteiger partial charge in [0, 0.05) is 25.3 Å². The number of hydrogen-bond donors (Lipinski definition) is 1. The van der Waals surface area contributed by atoms with Crippen LogP contribution in [0.5, 0.6) is 0 Å². The van der Waals surface area contributed by atoms with Gasteiger partial charge in [-0.05, 0) is 70.4 Å². The molecule has 0 saturated carbocycles. The van der Waals surface area contributed by atoms with E-state index in [0.717, 1.165) is 24.8 Å². The highest BCUT2D eigenvalue weighted by Gasteiger charge is 2.22. The Morgan fingerprint density at radius 3 is 2.52 bits per heavy atom. The lowest BCUT2D eigenvalue weighted by Gasteiger charge is -2.35. The predicted octanol–water partition coefficient (Wildman–Crippen LogP) is 1.98. The van der Waals surface area contributed by atoms with E-state index < -0.39 is 0 Å². The maximum absolute atomic E-state index is 4.45. The van der Waals surface area contributed by atoms with Gasteiger partial charge in [0.05, 0.1) is 0 Å². The van der Waals surface area contributed by atoms with E-state index in [4.69, 9.17) is 0 Å². The molecule has 1 N–H and O–H groups in total. The van der Waals surface area contributed by atoms with Gasteiger partial charge in [-0.25, -0.2) is 4.98 Å². The average Bonchev–Trinajstić information content (AvgIpc) is 2.56. The van der Waals surface area contributed by atoms with Crippen molar-refractivity contribution in [3.05, 3.63) is 24.4 Å². The Labute approximate surface area is 128 Å². The molecule has 3 rings (SSSR count). The summed E-state index contributed by atoms with van der Waals surface area (Å²) in [5.41, 5.74) is 0. The van der Waals surface area contributed by atoms with Crippen LogP contribution in [0.1, 0.15) is 25.7 Å². The van der Waals surface area contributed by atoms with Gasteiger partial charge < -0.3 is 15.1 Å². The minimum atomic E-state index is 0.699. The Balaban J connectivity index is 1.38. The summed E-state index contributed by atoms with van der Waals surface area (Å²) in [6.45, 7) is 6.00. The van der Waals surface area contributed by atoms with Gasteiger partial charge in [-0.3, -0.25) is 0 Å². The summed E-state index contributed by atoms with van der Waals surface area (Å²) in [7, 11) is 2.23. The molecule has 0 spiro atoms. The first-order valence-electron chi connectivity index (χ1n) is 8.39. The van der Waals surface area contributed by atoms with Gasteiger partial charge in [0.15, 0.2) is 0 Å². The third-order valence-corrected chi connectivity index (χ3v) is 5.00. The third kappa shape index (κ3) is 4.17. The van der Waals surface area contributed by atoms with Crippen molar-refractivity contribution in [2.45, 2.75) is 31.7 Å². The average molecular weight is 288 g/mol. The fourth-order valence-electron chi connectivity index (χ4n) is 3.45. The van der Waals surface area contributed by atoms with E-state index in [0.29, 0.717) is 6.04 Å². The van der Waals surface area contributed by atoms with Gasteiger partial charge in [0.25, 0.3) is 0 Å². The van der Waals surface area contributed by atoms with Crippen LogP contribution in [0.2, 0.25) is 0 Å². The second-order valence-electron chi connectivity index (χ2n) is 6.60. The lowest BCUT2D eigenvalue weighted by molar-refractivity contribution is 0.210. The summed E-state index contributed by atoms with van der Waals surface area (Å²) in [4.78, 5) is 9.31. The van der Waals surface area contributed by atoms with E-state index in [2.05, 4.69) is 39.3 Å². The maximum Gasteiger partial charge on any atom is 0.128 e. The van der Waals surface area contributed by atoms with Crippen molar-refractivity contribution in [1.29, 1.82) is 0 Å². The topological polar surface area (TPSA) is 31.4 Å². The number of nitrogens with one attached hydrogen (secondary N) is 1. The Morgan fingerprint density at radius 1 is 1.10 bits per heavy atom. The molecule has 116 valence electrons. The molecule has 4 nitrogen and oxygen atoms in total. The second kappa shape index (κ2) is 7.23. The smallest absolute Gasteiger partial charge is 0.128 e. The van der Waals surface area contributed by atoms with Gasteiger partial charge in [-0.2, -0.15) is 0 Å². The summed E-state index contributed by atoms with van der Waals surface area (Å²) < 4.78 is 0. The molecule has 0 aliphatic carbocycles. The molecule has 2 aliphatic heterocycles. The van der Waals surface area contributed by atoms with Crippen molar-refractivity contribution in [2.24, 2.45) is 5.92 Å². The van der Waals surface area contributed by atoms with Crippen LogP contribution in [-0.2, 0) is 0 Å². The minimum Gasteiger partial charge on any atom is -0.357 e. The maximum atomic E-state index is 4.45. The molecule has 0 unspecified atom stereocenters. The summed E-state index contributed by atoms with van der Waals surface area (Å²) in [6, 6.07) is 6.88. The quantitative estimate of drug-likeness (QED) is 0.918. The first-order valence-corrected chi connectivity index (χ1v) is 8.39. The number of likely N-dealkylation sites (tertiary alicyclic amines) is 1. The zero-order valence-corrected chi connectivity index (χ0v) is 13.2. The highest BCUT2D eigenvalue weighted by Crippen LogP contribution is 2.19. The molecule has 3 heterocycles. The largest absolute Gasteiger partial charge is 0.357 e. The number of anilines is 1. The Morgan fingerprint density at radius 2 is 1.86 bits per heavy atom. The molecule has 0 aromatic carbocycles. The van der Waals surface area contributed by atoms with E-state index in [1.54, 1.807) is 0 Å². The molecule has 0 atom stereocenters. The molecular formula is C17H28N4. The molecule has 0 radical (unpaired) electrons. The van der Waals surface area contributed by atoms with Crippen molar-refractivity contribution in [2.75, 3.05) is 44.7 Å². The van der Waals surface area contributed by atoms with Crippen LogP contribution in [0.25, 0.3) is 0 Å². The fraction of sp³-hybridized carbons (Fsp3) is 0.706. The monoisotopic (exact) mass is 288 g/mol. The Kier molecular flexibility index (Phi) is 5.09. The Hall–Kier alpha value is -1.13. The zero-order chi connectivity index (χ0) is 14.5. The van der Waals surface area contributed by atoms with Gasteiger partial charge in [0.1, 0.15) is 5.82 Å². The molecule has 2 fully saturated rings. The number of aromatic nitrogens is 1. The minimum absolute atomic E-state index is 0.699. The van der Waals surface area contributed by atoms with E-state index in [1.807, 2.05) is 12.3 Å². The molecule has 21 heavy (non-hydrogen) atoms. The van der Waals surface area contributed by atoms with Crippen LogP contribution in [0, 0.1) is 5.92 Å². The zero-order valence-electron chi connectivity index (χ0n) is 13.2. The van der Waals surface area contributed by atoms with E-state index in [1.165, 1.54) is 45.3 Å². The number of pyridine rings is 1. The van der Waals surface area contributed by atoms with Crippen molar-refractivity contribution in [3.63, 3.8) is 0 Å². The fourth-order valence-corrected chi connectivity index (χ4v) is 3.45. The van der Waals surface area contributed by atoms with Crippen LogP contribution >= 0.6 is 0 Å². The Bertz CT molecular complexity index is 406. The van der Waals surface area contributed by atoms with Gasteiger partial charge >= 0.3 is 0 Å². The van der Waals surface area contributed by atoms with E-state index >= 15 is 0 Å². The van der Waals surface area contributed by atoms with Crippen molar-refractivity contribution in [3.8, 4) is 0 Å². The third-order valence-electron chi connectivity index (χ3n) is 5.00. The number of nitrogens with zero attached hydrogens (tertiary/aromatic N) is 3. The van der Waals surface area contributed by atoms with Crippen molar-refractivity contribution >= 4 is 5.82 Å². The SMILES string of the molecule is CN1CCC(CNC2CCN(c3ccccn3)CC2)CC1. The highest BCUT2D eigenvalue weighted by molar-refractivity contribution is 5.38. The van der Waals surface area contributed by atoms with Crippen molar-refractivity contribution < 1.29 is 0 Å². The molecule has 2 aliphatic rings. The number of piperidine rings is 2. The van der Waals surface area contributed by atoms with E-state index in [9.17, 15) is 0 Å². The number of hydrogen-bond acceptors (Lipinski definition) is 4. The lowest BCUT2D eigenvalue weighted by atomic mass is 9.96. The standard InChI is InChI=1S/C17H28N4/c1-20-10-5-15(6-11-20)14-19-16-7-12-21(13-8-16)17-4-2-3-9-18-17/h2-4,9,15-16,19H,5-8,10-14H2,1H3. The summed E-state index contributed by atoms with van der Waals surface area (Å²) in [5.74, 6) is 2.02. The molecule has 1 aromatic rings. The van der Waals surface area contributed by atoms with E-state index in [-0.39, 0.29) is 0 Å². The normalized spacial score (nSPS) is 22.6. The van der Waals surface area contributed by atoms with Crippen LogP contribution in [-0.4, -0.2) is 55.7 Å². The van der Waals surface area contributed by atoms with Crippen LogP contribution in [0.3, 0.4) is 0 Å². The highest BCUT2D eigenvalue weighted by atomic mass is 15.2. The first-order chi connectivity index (χ1) is 10.3. The molecule has 1 aromatic heterocycles. The van der Waals surface area contributed by atoms with Crippen LogP contribution in [0.4, 0.5) is 5.82 Å². The lowest BCUT2D eigenvalue weighted by Crippen LogP contribution is -2.45. The summed E-state index contributed by atoms with van der Waals surface area (Å²) in [6.07, 6.45) is 7.08. The molecule has 0 bridgehead atoms. The summed E-state index contributed by atoms with van der Waals surface area (Å²) >= 11 is 0. The van der Waals surface area contributed by atoms with Crippen LogP contribution in [0.15, 0.2) is 24.4 Å². The molecule has 0 amide bonds. The summed E-state index contributed by atoms with van der Waals surface area (Å²) in [5, 5.41) is 3.81. The number of rotatable bonds is 4. The second-order valence-corrected chi connectivity index (χ2v) is 6.60. The van der Waals surface area contributed by atoms with Gasteiger partial charge in [0.2, 0.25) is 0 Å². The first kappa shape index (κ1) is 14.8. The molecule has 2 saturated heterocycles. The molecular weight excluding hydrogens is 260 g/mol. The van der Waals surface area contributed by atoms with Crippen LogP contribution < -0.4 is 10.2 Å². The van der Waals surface area contributed by atoms with Gasteiger partial charge in [-0.15, -0.1) is 0 Å². The predicted molar refractivity (Wildman–Crippen MR) is 87.7 cm³/mol. The molecule has 4 heteroatoms.